The van der Waals surface area contributed by atoms with E-state index in [-0.39, 0.29) is 12.3 Å². The standard InChI is InChI=1S/C20H26N4O3/c1-14-3-5-15(6-4-14)7-8-20(2)9-10-24(19(20)26)17(18(25)23-27)11-16-12-21-13-22-16/h3-6,12-13,17,27H,7-11H2,1-2H3,(H,21,22)(H,23,25)/t17-,20?/m1/s1. The fourth-order valence-corrected chi connectivity index (χ4v) is 3.65. The van der Waals surface area contributed by atoms with Gasteiger partial charge in [0.2, 0.25) is 5.91 Å². The van der Waals surface area contributed by atoms with Crippen LogP contribution in [0, 0.1) is 12.3 Å². The van der Waals surface area contributed by atoms with E-state index in [4.69, 9.17) is 5.21 Å². The van der Waals surface area contributed by atoms with Crippen LogP contribution in [0.4, 0.5) is 0 Å². The second-order valence-corrected chi connectivity index (χ2v) is 7.57. The Hall–Kier alpha value is -2.67. The summed E-state index contributed by atoms with van der Waals surface area (Å²) >= 11 is 0. The first-order valence-electron chi connectivity index (χ1n) is 9.21. The largest absolute Gasteiger partial charge is 0.348 e. The van der Waals surface area contributed by atoms with Gasteiger partial charge in [0.25, 0.3) is 5.91 Å². The molecule has 0 aliphatic carbocycles. The highest BCUT2D eigenvalue weighted by Crippen LogP contribution is 2.37. The van der Waals surface area contributed by atoms with Crippen LogP contribution in [0.3, 0.4) is 0 Å². The summed E-state index contributed by atoms with van der Waals surface area (Å²) in [5, 5.41) is 9.12. The number of benzene rings is 1. The van der Waals surface area contributed by atoms with E-state index in [2.05, 4.69) is 41.2 Å². The fourth-order valence-electron chi connectivity index (χ4n) is 3.65. The number of aromatic amines is 1. The monoisotopic (exact) mass is 370 g/mol. The Labute approximate surface area is 158 Å². The molecular formula is C20H26N4O3. The van der Waals surface area contributed by atoms with Crippen LogP contribution >= 0.6 is 0 Å². The molecule has 3 rings (SSSR count). The highest BCUT2D eigenvalue weighted by atomic mass is 16.5. The van der Waals surface area contributed by atoms with Crippen LogP contribution in [0.25, 0.3) is 0 Å². The highest BCUT2D eigenvalue weighted by Gasteiger charge is 2.46. The second-order valence-electron chi connectivity index (χ2n) is 7.57. The molecule has 7 heteroatoms. The molecule has 2 atom stereocenters. The minimum absolute atomic E-state index is 0.0391. The number of hydroxylamine groups is 1. The molecule has 1 aromatic heterocycles. The van der Waals surface area contributed by atoms with Gasteiger partial charge in [0.15, 0.2) is 0 Å². The van der Waals surface area contributed by atoms with E-state index in [9.17, 15) is 9.59 Å². The molecule has 0 radical (unpaired) electrons. The van der Waals surface area contributed by atoms with Crippen molar-refractivity contribution in [1.82, 2.24) is 20.3 Å². The van der Waals surface area contributed by atoms with Crippen LogP contribution in [0.2, 0.25) is 0 Å². The van der Waals surface area contributed by atoms with Crippen molar-refractivity contribution >= 4 is 11.8 Å². The fraction of sp³-hybridized carbons (Fsp3) is 0.450. The lowest BCUT2D eigenvalue weighted by Crippen LogP contribution is -2.49. The molecule has 7 nitrogen and oxygen atoms in total. The van der Waals surface area contributed by atoms with Crippen molar-refractivity contribution in [2.45, 2.75) is 45.6 Å². The molecule has 1 fully saturated rings. The van der Waals surface area contributed by atoms with E-state index in [1.54, 1.807) is 16.6 Å². The number of likely N-dealkylation sites (tertiary alicyclic amines) is 1. The Bertz CT molecular complexity index is 788. The number of rotatable bonds is 7. The summed E-state index contributed by atoms with van der Waals surface area (Å²) in [6.07, 6.45) is 5.66. The summed E-state index contributed by atoms with van der Waals surface area (Å²) in [6, 6.07) is 7.58. The van der Waals surface area contributed by atoms with Crippen LogP contribution in [0.15, 0.2) is 36.8 Å². The Morgan fingerprint density at radius 2 is 2.15 bits per heavy atom. The van der Waals surface area contributed by atoms with Gasteiger partial charge in [-0.05, 0) is 31.7 Å². The molecule has 27 heavy (non-hydrogen) atoms. The van der Waals surface area contributed by atoms with Crippen molar-refractivity contribution in [1.29, 1.82) is 0 Å². The number of hydrogen-bond donors (Lipinski definition) is 3. The van der Waals surface area contributed by atoms with Crippen LogP contribution < -0.4 is 5.48 Å². The zero-order valence-corrected chi connectivity index (χ0v) is 15.7. The molecule has 144 valence electrons. The first-order valence-corrected chi connectivity index (χ1v) is 9.21. The van der Waals surface area contributed by atoms with Gasteiger partial charge >= 0.3 is 0 Å². The lowest BCUT2D eigenvalue weighted by Gasteiger charge is -2.28. The zero-order chi connectivity index (χ0) is 19.4. The molecule has 2 amide bonds. The Kier molecular flexibility index (Phi) is 5.60. The van der Waals surface area contributed by atoms with Crippen molar-refractivity contribution in [3.8, 4) is 0 Å². The molecule has 1 aliphatic heterocycles. The minimum Gasteiger partial charge on any atom is -0.348 e. The van der Waals surface area contributed by atoms with Gasteiger partial charge in [0, 0.05) is 30.3 Å². The van der Waals surface area contributed by atoms with Gasteiger partial charge in [-0.3, -0.25) is 14.8 Å². The average molecular weight is 370 g/mol. The summed E-state index contributed by atoms with van der Waals surface area (Å²) in [6.45, 7) is 4.51. The van der Waals surface area contributed by atoms with E-state index in [0.717, 1.165) is 18.5 Å². The number of aryl methyl sites for hydroxylation is 2. The molecule has 0 bridgehead atoms. The summed E-state index contributed by atoms with van der Waals surface area (Å²) in [5.74, 6) is -0.622. The lowest BCUT2D eigenvalue weighted by molar-refractivity contribution is -0.145. The maximum Gasteiger partial charge on any atom is 0.266 e. The number of hydrogen-bond acceptors (Lipinski definition) is 4. The number of aromatic nitrogens is 2. The predicted octanol–water partition coefficient (Wildman–Crippen LogP) is 2.01. The molecule has 1 unspecified atom stereocenters. The maximum atomic E-state index is 13.1. The smallest absolute Gasteiger partial charge is 0.266 e. The molecule has 2 aromatic rings. The van der Waals surface area contributed by atoms with Crippen molar-refractivity contribution < 1.29 is 14.8 Å². The van der Waals surface area contributed by atoms with Crippen LogP contribution in [0.5, 0.6) is 0 Å². The first kappa shape index (κ1) is 19.1. The Morgan fingerprint density at radius 1 is 1.41 bits per heavy atom. The van der Waals surface area contributed by atoms with Gasteiger partial charge in [0.05, 0.1) is 6.33 Å². The van der Waals surface area contributed by atoms with Gasteiger partial charge in [-0.25, -0.2) is 10.5 Å². The van der Waals surface area contributed by atoms with E-state index < -0.39 is 17.4 Å². The minimum atomic E-state index is -0.760. The third-order valence-corrected chi connectivity index (χ3v) is 5.52. The molecule has 0 saturated carbocycles. The van der Waals surface area contributed by atoms with E-state index in [0.29, 0.717) is 13.0 Å². The molecule has 3 N–H and O–H groups in total. The number of carbonyl (C=O) groups is 2. The second kappa shape index (κ2) is 7.92. The highest BCUT2D eigenvalue weighted by molar-refractivity contribution is 5.91. The van der Waals surface area contributed by atoms with Crippen molar-refractivity contribution in [3.05, 3.63) is 53.6 Å². The van der Waals surface area contributed by atoms with Gasteiger partial charge in [-0.1, -0.05) is 36.8 Å². The number of H-pyrrole nitrogens is 1. The van der Waals surface area contributed by atoms with Gasteiger partial charge < -0.3 is 9.88 Å². The summed E-state index contributed by atoms with van der Waals surface area (Å²) in [4.78, 5) is 33.8. The SMILES string of the molecule is Cc1ccc(CCC2(C)CCN([C@H](Cc3cnc[nH]3)C(=O)NO)C2=O)cc1. The molecule has 0 spiro atoms. The van der Waals surface area contributed by atoms with Crippen molar-refractivity contribution in [2.75, 3.05) is 6.54 Å². The van der Waals surface area contributed by atoms with Crippen LogP contribution in [0.1, 0.15) is 36.6 Å². The first-order chi connectivity index (χ1) is 12.9. The molecule has 1 aliphatic rings. The summed E-state index contributed by atoms with van der Waals surface area (Å²) in [5.41, 5.74) is 4.35. The van der Waals surface area contributed by atoms with E-state index >= 15 is 0 Å². The topological polar surface area (TPSA) is 98.3 Å². The number of imidazole rings is 1. The summed E-state index contributed by atoms with van der Waals surface area (Å²) in [7, 11) is 0. The predicted molar refractivity (Wildman–Crippen MR) is 99.9 cm³/mol. The van der Waals surface area contributed by atoms with Gasteiger partial charge in [-0.2, -0.15) is 0 Å². The van der Waals surface area contributed by atoms with Crippen molar-refractivity contribution in [2.24, 2.45) is 5.41 Å². The van der Waals surface area contributed by atoms with Crippen LogP contribution in [-0.2, 0) is 22.4 Å². The Morgan fingerprint density at radius 3 is 2.78 bits per heavy atom. The number of carbonyl (C=O) groups excluding carboxylic acids is 2. The third-order valence-electron chi connectivity index (χ3n) is 5.52. The zero-order valence-electron chi connectivity index (χ0n) is 15.7. The quantitative estimate of drug-likeness (QED) is 0.513. The lowest BCUT2D eigenvalue weighted by atomic mass is 9.82. The van der Waals surface area contributed by atoms with Gasteiger partial charge in [0.1, 0.15) is 6.04 Å². The molecular weight excluding hydrogens is 344 g/mol. The average Bonchev–Trinajstić information content (AvgIpc) is 3.28. The van der Waals surface area contributed by atoms with Crippen molar-refractivity contribution in [3.63, 3.8) is 0 Å². The third kappa shape index (κ3) is 4.19. The number of nitrogens with zero attached hydrogens (tertiary/aromatic N) is 2. The molecule has 1 aromatic carbocycles. The molecule has 2 heterocycles. The summed E-state index contributed by atoms with van der Waals surface area (Å²) < 4.78 is 0. The van der Waals surface area contributed by atoms with Gasteiger partial charge in [-0.15, -0.1) is 0 Å². The van der Waals surface area contributed by atoms with E-state index in [1.807, 2.05) is 6.92 Å². The maximum absolute atomic E-state index is 13.1. The van der Waals surface area contributed by atoms with E-state index in [1.165, 1.54) is 17.5 Å². The van der Waals surface area contributed by atoms with Crippen LogP contribution in [-0.4, -0.2) is 44.5 Å². The Balaban J connectivity index is 1.70. The molecule has 1 saturated heterocycles. The number of nitrogens with one attached hydrogen (secondary N) is 2. The number of amides is 2. The normalized spacial score (nSPS) is 20.7.